The zero-order valence-electron chi connectivity index (χ0n) is 18.2. The number of amides is 2. The second-order valence-electron chi connectivity index (χ2n) is 7.11. The van der Waals surface area contributed by atoms with Crippen molar-refractivity contribution in [2.45, 2.75) is 72.6 Å². The van der Waals surface area contributed by atoms with E-state index >= 15 is 0 Å². The second kappa shape index (κ2) is 15.7. The van der Waals surface area contributed by atoms with Crippen molar-refractivity contribution in [2.24, 2.45) is 16.9 Å². The number of hydrogen-bond donors (Lipinski definition) is 3. The third-order valence-electron chi connectivity index (χ3n) is 5.24. The van der Waals surface area contributed by atoms with Gasteiger partial charge in [0.2, 0.25) is 0 Å². The molecule has 0 unspecified atom stereocenters. The lowest BCUT2D eigenvalue weighted by Crippen LogP contribution is -2.49. The van der Waals surface area contributed by atoms with Gasteiger partial charge in [-0.2, -0.15) is 0 Å². The van der Waals surface area contributed by atoms with Crippen molar-refractivity contribution < 1.29 is 4.79 Å². The van der Waals surface area contributed by atoms with Crippen LogP contribution in [0.15, 0.2) is 23.8 Å². The van der Waals surface area contributed by atoms with E-state index in [9.17, 15) is 4.79 Å². The van der Waals surface area contributed by atoms with Gasteiger partial charge < -0.3 is 21.7 Å². The van der Waals surface area contributed by atoms with Crippen molar-refractivity contribution >= 4 is 6.03 Å². The number of urea groups is 1. The van der Waals surface area contributed by atoms with Crippen LogP contribution in [0.2, 0.25) is 0 Å². The molecule has 0 radical (unpaired) electrons. The Balaban J connectivity index is 0.00000326. The first-order valence-electron chi connectivity index (χ1n) is 10.9. The van der Waals surface area contributed by atoms with Crippen molar-refractivity contribution in [3.8, 4) is 0 Å². The van der Waals surface area contributed by atoms with Crippen LogP contribution in [-0.4, -0.2) is 43.7 Å². The molecule has 1 aliphatic rings. The molecule has 0 aliphatic carbocycles. The number of piperidine rings is 1. The van der Waals surface area contributed by atoms with Gasteiger partial charge in [-0.1, -0.05) is 44.6 Å². The SMILES string of the molecule is C/C=C\C(=C/CC)CCC1(CN)CCN(C(=O)NCCCCN)CC1.CC. The van der Waals surface area contributed by atoms with Gasteiger partial charge in [0.15, 0.2) is 0 Å². The predicted octanol–water partition coefficient (Wildman–Crippen LogP) is 4.19. The molecule has 0 aromatic heterocycles. The minimum Gasteiger partial charge on any atom is -0.338 e. The lowest BCUT2D eigenvalue weighted by Gasteiger charge is -2.41. The number of carbonyl (C=O) groups excluding carboxylic acids is 1. The van der Waals surface area contributed by atoms with E-state index in [1.807, 2.05) is 18.7 Å². The molecule has 5 N–H and O–H groups in total. The first-order chi connectivity index (χ1) is 13.1. The summed E-state index contributed by atoms with van der Waals surface area (Å²) < 4.78 is 0. The van der Waals surface area contributed by atoms with Gasteiger partial charge in [0, 0.05) is 19.6 Å². The zero-order valence-corrected chi connectivity index (χ0v) is 18.2. The van der Waals surface area contributed by atoms with Crippen molar-refractivity contribution in [2.75, 3.05) is 32.7 Å². The summed E-state index contributed by atoms with van der Waals surface area (Å²) in [5.74, 6) is 0. The van der Waals surface area contributed by atoms with Crippen LogP contribution >= 0.6 is 0 Å². The van der Waals surface area contributed by atoms with Crippen LogP contribution in [0.4, 0.5) is 4.79 Å². The number of nitrogens with two attached hydrogens (primary N) is 2. The lowest BCUT2D eigenvalue weighted by molar-refractivity contribution is 0.114. The van der Waals surface area contributed by atoms with E-state index in [0.29, 0.717) is 19.6 Å². The quantitative estimate of drug-likeness (QED) is 0.392. The highest BCUT2D eigenvalue weighted by Gasteiger charge is 2.34. The van der Waals surface area contributed by atoms with Crippen LogP contribution in [0.3, 0.4) is 0 Å². The highest BCUT2D eigenvalue weighted by Crippen LogP contribution is 2.36. The Hall–Kier alpha value is -1.33. The Morgan fingerprint density at radius 1 is 1.19 bits per heavy atom. The molecule has 1 saturated heterocycles. The van der Waals surface area contributed by atoms with E-state index in [1.54, 1.807) is 0 Å². The molecular formula is C22H44N4O. The third kappa shape index (κ3) is 9.96. The smallest absolute Gasteiger partial charge is 0.317 e. The molecule has 27 heavy (non-hydrogen) atoms. The van der Waals surface area contributed by atoms with Crippen molar-refractivity contribution in [3.63, 3.8) is 0 Å². The summed E-state index contributed by atoms with van der Waals surface area (Å²) in [5, 5.41) is 3.00. The number of nitrogens with one attached hydrogen (secondary N) is 1. The minimum absolute atomic E-state index is 0.0585. The molecule has 0 atom stereocenters. The summed E-state index contributed by atoms with van der Waals surface area (Å²) in [7, 11) is 0. The van der Waals surface area contributed by atoms with E-state index in [4.69, 9.17) is 11.5 Å². The van der Waals surface area contributed by atoms with Crippen LogP contribution in [0, 0.1) is 5.41 Å². The highest BCUT2D eigenvalue weighted by molar-refractivity contribution is 5.74. The maximum Gasteiger partial charge on any atom is 0.317 e. The average Bonchev–Trinajstić information content (AvgIpc) is 2.71. The maximum absolute atomic E-state index is 12.2. The van der Waals surface area contributed by atoms with Crippen LogP contribution < -0.4 is 16.8 Å². The first-order valence-corrected chi connectivity index (χ1v) is 10.9. The molecule has 0 aromatic rings. The van der Waals surface area contributed by atoms with Gasteiger partial charge in [0.1, 0.15) is 0 Å². The van der Waals surface area contributed by atoms with Gasteiger partial charge in [-0.05, 0) is 70.4 Å². The average molecular weight is 381 g/mol. The molecule has 158 valence electrons. The Labute approximate surface area is 167 Å². The van der Waals surface area contributed by atoms with Gasteiger partial charge in [0.25, 0.3) is 0 Å². The first kappa shape index (κ1) is 25.7. The summed E-state index contributed by atoms with van der Waals surface area (Å²) in [6, 6.07) is 0.0585. The Morgan fingerprint density at radius 3 is 2.37 bits per heavy atom. The number of hydrogen-bond acceptors (Lipinski definition) is 3. The van der Waals surface area contributed by atoms with Crippen LogP contribution in [0.25, 0.3) is 0 Å². The standard InChI is InChI=1S/C20H38N4O.C2H6/c1-3-7-18(8-4-2)9-10-20(17-22)11-15-24(16-12-20)19(25)23-14-6-5-13-21;1-2/h3,7-8H,4-6,9-17,21-22H2,1-2H3,(H,23,25);1-2H3/b7-3-,18-8+;. The molecule has 0 aromatic carbocycles. The fourth-order valence-electron chi connectivity index (χ4n) is 3.46. The van der Waals surface area contributed by atoms with E-state index in [1.165, 1.54) is 5.57 Å². The summed E-state index contributed by atoms with van der Waals surface area (Å²) in [6.45, 7) is 11.9. The number of unbranched alkanes of at least 4 members (excludes halogenated alkanes) is 1. The normalized spacial score (nSPS) is 16.8. The number of rotatable bonds is 10. The number of carbonyl (C=O) groups is 1. The number of likely N-dealkylation sites (tertiary alicyclic amines) is 1. The monoisotopic (exact) mass is 380 g/mol. The molecule has 1 rings (SSSR count). The molecule has 2 amide bonds. The van der Waals surface area contributed by atoms with Gasteiger partial charge in [-0.25, -0.2) is 4.79 Å². The summed E-state index contributed by atoms with van der Waals surface area (Å²) in [6.07, 6.45) is 13.7. The summed E-state index contributed by atoms with van der Waals surface area (Å²) in [4.78, 5) is 14.2. The molecule has 1 aliphatic heterocycles. The van der Waals surface area contributed by atoms with E-state index in [-0.39, 0.29) is 11.4 Å². The third-order valence-corrected chi connectivity index (χ3v) is 5.24. The fourth-order valence-corrected chi connectivity index (χ4v) is 3.46. The highest BCUT2D eigenvalue weighted by atomic mass is 16.2. The topological polar surface area (TPSA) is 84.4 Å². The molecular weight excluding hydrogens is 336 g/mol. The molecule has 0 bridgehead atoms. The summed E-state index contributed by atoms with van der Waals surface area (Å²) in [5.41, 5.74) is 13.2. The van der Waals surface area contributed by atoms with Crippen molar-refractivity contribution in [1.29, 1.82) is 0 Å². The van der Waals surface area contributed by atoms with Crippen LogP contribution in [-0.2, 0) is 0 Å². The van der Waals surface area contributed by atoms with Gasteiger partial charge in [-0.15, -0.1) is 0 Å². The lowest BCUT2D eigenvalue weighted by atomic mass is 9.74. The van der Waals surface area contributed by atoms with Crippen LogP contribution in [0.5, 0.6) is 0 Å². The molecule has 0 spiro atoms. The molecule has 1 fully saturated rings. The van der Waals surface area contributed by atoms with Crippen LogP contribution in [0.1, 0.15) is 72.6 Å². The largest absolute Gasteiger partial charge is 0.338 e. The van der Waals surface area contributed by atoms with E-state index in [0.717, 1.165) is 58.0 Å². The van der Waals surface area contributed by atoms with Gasteiger partial charge >= 0.3 is 6.03 Å². The Bertz CT molecular complexity index is 438. The van der Waals surface area contributed by atoms with Gasteiger partial charge in [0.05, 0.1) is 0 Å². The molecule has 1 heterocycles. The fraction of sp³-hybridized carbons (Fsp3) is 0.773. The Kier molecular flexibility index (Phi) is 14.9. The zero-order chi connectivity index (χ0) is 20.5. The van der Waals surface area contributed by atoms with Gasteiger partial charge in [-0.3, -0.25) is 0 Å². The second-order valence-corrected chi connectivity index (χ2v) is 7.11. The predicted molar refractivity (Wildman–Crippen MR) is 118 cm³/mol. The Morgan fingerprint density at radius 2 is 1.85 bits per heavy atom. The molecule has 0 saturated carbocycles. The number of nitrogens with zero attached hydrogens (tertiary/aromatic N) is 1. The number of allylic oxidation sites excluding steroid dienone is 4. The van der Waals surface area contributed by atoms with Crippen molar-refractivity contribution in [3.05, 3.63) is 23.8 Å². The molecule has 5 heteroatoms. The van der Waals surface area contributed by atoms with E-state index in [2.05, 4.69) is 37.4 Å². The molecule has 5 nitrogen and oxygen atoms in total. The summed E-state index contributed by atoms with van der Waals surface area (Å²) >= 11 is 0. The maximum atomic E-state index is 12.2. The van der Waals surface area contributed by atoms with E-state index < -0.39 is 0 Å². The minimum atomic E-state index is 0.0585. The van der Waals surface area contributed by atoms with Crippen molar-refractivity contribution in [1.82, 2.24) is 10.2 Å².